The summed E-state index contributed by atoms with van der Waals surface area (Å²) in [6.45, 7) is 1.76. The van der Waals surface area contributed by atoms with Gasteiger partial charge in [-0.25, -0.2) is 13.4 Å². The Hall–Kier alpha value is -1.92. The van der Waals surface area contributed by atoms with Crippen molar-refractivity contribution in [2.24, 2.45) is 0 Å². The molecule has 0 unspecified atom stereocenters. The van der Waals surface area contributed by atoms with Crippen LogP contribution in [-0.4, -0.2) is 19.2 Å². The number of nitrogens with zero attached hydrogens (tertiary/aromatic N) is 1. The molecule has 120 valence electrons. The minimum Gasteiger partial charge on any atom is -0.440 e. The van der Waals surface area contributed by atoms with Gasteiger partial charge < -0.3 is 4.42 Å². The summed E-state index contributed by atoms with van der Waals surface area (Å²) in [5.74, 6) is 1.08. The molecule has 4 nitrogen and oxygen atoms in total. The van der Waals surface area contributed by atoms with Crippen LogP contribution in [0.1, 0.15) is 17.0 Å². The summed E-state index contributed by atoms with van der Waals surface area (Å²) in [4.78, 5) is 5.26. The van der Waals surface area contributed by atoms with Crippen molar-refractivity contribution >= 4 is 21.2 Å². The van der Waals surface area contributed by atoms with Crippen molar-refractivity contribution < 1.29 is 12.8 Å². The van der Waals surface area contributed by atoms with Crippen LogP contribution in [0.25, 0.3) is 10.8 Å². The Morgan fingerprint density at radius 3 is 2.61 bits per heavy atom. The van der Waals surface area contributed by atoms with Gasteiger partial charge in [-0.2, -0.15) is 0 Å². The third kappa shape index (κ3) is 4.09. The van der Waals surface area contributed by atoms with Gasteiger partial charge in [-0.3, -0.25) is 0 Å². The second-order valence-electron chi connectivity index (χ2n) is 5.33. The maximum atomic E-state index is 12.3. The van der Waals surface area contributed by atoms with Crippen molar-refractivity contribution in [1.82, 2.24) is 4.98 Å². The molecule has 3 aromatic rings. The molecule has 0 saturated carbocycles. The van der Waals surface area contributed by atoms with E-state index in [1.165, 1.54) is 11.3 Å². The van der Waals surface area contributed by atoms with E-state index in [9.17, 15) is 8.42 Å². The minimum atomic E-state index is -3.23. The molecule has 0 radical (unpaired) electrons. The summed E-state index contributed by atoms with van der Waals surface area (Å²) >= 11 is 1.52. The lowest BCUT2D eigenvalue weighted by Crippen LogP contribution is -2.12. The van der Waals surface area contributed by atoms with Crippen molar-refractivity contribution in [2.75, 3.05) is 5.75 Å². The first-order chi connectivity index (χ1) is 11.0. The zero-order valence-corrected chi connectivity index (χ0v) is 14.4. The van der Waals surface area contributed by atoms with Crippen LogP contribution in [-0.2, 0) is 22.0 Å². The molecule has 0 bridgehead atoms. The molecule has 0 fully saturated rings. The van der Waals surface area contributed by atoms with Gasteiger partial charge in [0.15, 0.2) is 9.84 Å². The second kappa shape index (κ2) is 6.68. The Bertz CT molecular complexity index is 866. The lowest BCUT2D eigenvalue weighted by Gasteiger charge is -2.03. The fraction of sp³-hybridized carbons (Fsp3) is 0.235. The zero-order valence-electron chi connectivity index (χ0n) is 12.7. The van der Waals surface area contributed by atoms with Crippen LogP contribution in [0, 0.1) is 6.92 Å². The summed E-state index contributed by atoms with van der Waals surface area (Å²) < 4.78 is 30.3. The summed E-state index contributed by atoms with van der Waals surface area (Å²) in [5.41, 5.74) is 1.52. The standard InChI is InChI=1S/C17H17NO3S2/c1-13-15(18-17(21-13)16-8-5-10-22-16)12-23(19,20)11-9-14-6-3-2-4-7-14/h2-8,10H,9,11-12H2,1H3. The normalized spacial score (nSPS) is 11.7. The average Bonchev–Trinajstić information content (AvgIpc) is 3.17. The van der Waals surface area contributed by atoms with E-state index in [-0.39, 0.29) is 11.5 Å². The van der Waals surface area contributed by atoms with E-state index in [4.69, 9.17) is 4.42 Å². The van der Waals surface area contributed by atoms with E-state index in [0.29, 0.717) is 23.8 Å². The lowest BCUT2D eigenvalue weighted by molar-refractivity contribution is 0.541. The van der Waals surface area contributed by atoms with Crippen LogP contribution in [0.4, 0.5) is 0 Å². The highest BCUT2D eigenvalue weighted by Gasteiger charge is 2.19. The van der Waals surface area contributed by atoms with Crippen LogP contribution in [0.15, 0.2) is 52.3 Å². The number of oxazole rings is 1. The number of sulfone groups is 1. The zero-order chi connectivity index (χ0) is 16.3. The van der Waals surface area contributed by atoms with Gasteiger partial charge in [-0.1, -0.05) is 36.4 Å². The van der Waals surface area contributed by atoms with E-state index < -0.39 is 9.84 Å². The fourth-order valence-corrected chi connectivity index (χ4v) is 4.29. The topological polar surface area (TPSA) is 60.2 Å². The number of hydrogen-bond acceptors (Lipinski definition) is 5. The molecule has 23 heavy (non-hydrogen) atoms. The Morgan fingerprint density at radius 1 is 1.13 bits per heavy atom. The number of thiophene rings is 1. The van der Waals surface area contributed by atoms with Crippen LogP contribution in [0.2, 0.25) is 0 Å². The predicted octanol–water partition coefficient (Wildman–Crippen LogP) is 3.87. The first kappa shape index (κ1) is 16.0. The van der Waals surface area contributed by atoms with E-state index in [1.54, 1.807) is 6.92 Å². The maximum absolute atomic E-state index is 12.3. The van der Waals surface area contributed by atoms with E-state index in [1.807, 2.05) is 47.8 Å². The van der Waals surface area contributed by atoms with Gasteiger partial charge >= 0.3 is 0 Å². The third-order valence-corrected chi connectivity index (χ3v) is 5.92. The SMILES string of the molecule is Cc1oc(-c2cccs2)nc1CS(=O)(=O)CCc1ccccc1. The highest BCUT2D eigenvalue weighted by molar-refractivity contribution is 7.90. The molecule has 6 heteroatoms. The number of benzene rings is 1. The highest BCUT2D eigenvalue weighted by Crippen LogP contribution is 2.26. The van der Waals surface area contributed by atoms with Crippen molar-refractivity contribution in [3.05, 3.63) is 64.9 Å². The molecule has 0 atom stereocenters. The fourth-order valence-electron chi connectivity index (χ4n) is 2.27. The molecule has 2 heterocycles. The molecule has 0 aliphatic carbocycles. The Morgan fingerprint density at radius 2 is 1.91 bits per heavy atom. The van der Waals surface area contributed by atoms with Crippen LogP contribution >= 0.6 is 11.3 Å². The number of aryl methyl sites for hydroxylation is 2. The summed E-state index contributed by atoms with van der Waals surface area (Å²) in [6, 6.07) is 13.4. The van der Waals surface area contributed by atoms with Crippen LogP contribution in [0.3, 0.4) is 0 Å². The molecular weight excluding hydrogens is 330 g/mol. The molecule has 0 aliphatic heterocycles. The van der Waals surface area contributed by atoms with Gasteiger partial charge in [0.25, 0.3) is 0 Å². The highest BCUT2D eigenvalue weighted by atomic mass is 32.2. The molecule has 3 rings (SSSR count). The Balaban J connectivity index is 1.71. The number of hydrogen-bond donors (Lipinski definition) is 0. The Kier molecular flexibility index (Phi) is 4.63. The molecule has 0 spiro atoms. The summed E-state index contributed by atoms with van der Waals surface area (Å²) in [6.07, 6.45) is 0.512. The van der Waals surface area contributed by atoms with Crippen molar-refractivity contribution in [3.8, 4) is 10.8 Å². The average molecular weight is 347 g/mol. The van der Waals surface area contributed by atoms with Gasteiger partial charge in [0.2, 0.25) is 5.89 Å². The van der Waals surface area contributed by atoms with Gasteiger partial charge in [0, 0.05) is 0 Å². The molecule has 0 amide bonds. The summed E-state index contributed by atoms with van der Waals surface area (Å²) in [5, 5.41) is 1.94. The van der Waals surface area contributed by atoms with Crippen LogP contribution < -0.4 is 0 Å². The molecule has 0 aliphatic rings. The number of aromatic nitrogens is 1. The molecule has 0 N–H and O–H groups in total. The van der Waals surface area contributed by atoms with Crippen molar-refractivity contribution in [3.63, 3.8) is 0 Å². The summed E-state index contributed by atoms with van der Waals surface area (Å²) in [7, 11) is -3.23. The first-order valence-corrected chi connectivity index (χ1v) is 9.98. The molecular formula is C17H17NO3S2. The third-order valence-electron chi connectivity index (χ3n) is 3.53. The number of rotatable bonds is 6. The smallest absolute Gasteiger partial charge is 0.236 e. The molecule has 0 saturated heterocycles. The molecule has 2 aromatic heterocycles. The quantitative estimate of drug-likeness (QED) is 0.679. The van der Waals surface area contributed by atoms with Gasteiger partial charge in [0.1, 0.15) is 5.76 Å². The van der Waals surface area contributed by atoms with E-state index in [2.05, 4.69) is 4.98 Å². The minimum absolute atomic E-state index is 0.0828. The van der Waals surface area contributed by atoms with Crippen LogP contribution in [0.5, 0.6) is 0 Å². The van der Waals surface area contributed by atoms with Gasteiger partial charge in [0.05, 0.1) is 22.1 Å². The van der Waals surface area contributed by atoms with Crippen molar-refractivity contribution in [2.45, 2.75) is 19.1 Å². The largest absolute Gasteiger partial charge is 0.440 e. The second-order valence-corrected chi connectivity index (χ2v) is 8.46. The lowest BCUT2D eigenvalue weighted by atomic mass is 10.2. The molecule has 1 aromatic carbocycles. The van der Waals surface area contributed by atoms with Crippen molar-refractivity contribution in [1.29, 1.82) is 0 Å². The van der Waals surface area contributed by atoms with E-state index in [0.717, 1.165) is 10.4 Å². The monoisotopic (exact) mass is 347 g/mol. The predicted molar refractivity (Wildman–Crippen MR) is 92.2 cm³/mol. The van der Waals surface area contributed by atoms with Gasteiger partial charge in [-0.05, 0) is 30.4 Å². The first-order valence-electron chi connectivity index (χ1n) is 7.28. The van der Waals surface area contributed by atoms with Gasteiger partial charge in [-0.15, -0.1) is 11.3 Å². The van der Waals surface area contributed by atoms with E-state index >= 15 is 0 Å². The Labute approximate surface area is 139 Å². The maximum Gasteiger partial charge on any atom is 0.236 e.